The van der Waals surface area contributed by atoms with Crippen molar-refractivity contribution in [1.29, 1.82) is 0 Å². The highest BCUT2D eigenvalue weighted by molar-refractivity contribution is 5.91. The summed E-state index contributed by atoms with van der Waals surface area (Å²) in [7, 11) is 0. The molecule has 1 N–H and O–H groups in total. The van der Waals surface area contributed by atoms with E-state index in [9.17, 15) is 9.59 Å². The van der Waals surface area contributed by atoms with Gasteiger partial charge in [-0.25, -0.2) is 0 Å². The maximum absolute atomic E-state index is 12.4. The minimum atomic E-state index is -0.221. The summed E-state index contributed by atoms with van der Waals surface area (Å²) in [6.07, 6.45) is 1.50. The van der Waals surface area contributed by atoms with Crippen LogP contribution in [0.3, 0.4) is 0 Å². The number of aryl methyl sites for hydroxylation is 1. The van der Waals surface area contributed by atoms with Crippen molar-refractivity contribution in [1.82, 2.24) is 15.1 Å². The van der Waals surface area contributed by atoms with Gasteiger partial charge in [-0.2, -0.15) is 0 Å². The molecule has 3 rings (SSSR count). The van der Waals surface area contributed by atoms with Gasteiger partial charge in [-0.1, -0.05) is 29.8 Å². The minimum Gasteiger partial charge on any atom is -0.459 e. The molecule has 2 amide bonds. The minimum absolute atomic E-state index is 0.0105. The number of nitrogens with zero attached hydrogens (tertiary/aromatic N) is 2. The molecule has 0 radical (unpaired) electrons. The standard InChI is InChI=1S/C20H25N3O3/c1-15-5-7-17(8-6-15)14-21-19(24)16(2)22-9-11-23(12-10-22)20(25)18-4-3-13-26-18/h3-8,13,16H,9-12,14H2,1-2H3,(H,21,24)/t16-/m0/s1. The lowest BCUT2D eigenvalue weighted by molar-refractivity contribution is -0.126. The SMILES string of the molecule is Cc1ccc(CNC(=O)[C@H](C)N2CCN(C(=O)c3ccco3)CC2)cc1. The van der Waals surface area contributed by atoms with E-state index in [2.05, 4.69) is 10.2 Å². The molecule has 1 aliphatic rings. The van der Waals surface area contributed by atoms with Gasteiger partial charge in [-0.15, -0.1) is 0 Å². The number of hydrogen-bond donors (Lipinski definition) is 1. The Morgan fingerprint density at radius 3 is 2.42 bits per heavy atom. The second kappa shape index (κ2) is 8.19. The number of nitrogens with one attached hydrogen (secondary N) is 1. The van der Waals surface area contributed by atoms with Crippen LogP contribution in [0.5, 0.6) is 0 Å². The van der Waals surface area contributed by atoms with Gasteiger partial charge in [-0.3, -0.25) is 14.5 Å². The van der Waals surface area contributed by atoms with Gasteiger partial charge >= 0.3 is 0 Å². The van der Waals surface area contributed by atoms with Gasteiger partial charge in [0.2, 0.25) is 5.91 Å². The Hall–Kier alpha value is -2.60. The summed E-state index contributed by atoms with van der Waals surface area (Å²) in [4.78, 5) is 28.6. The van der Waals surface area contributed by atoms with Crippen LogP contribution in [0.2, 0.25) is 0 Å². The molecule has 2 aromatic rings. The Bertz CT molecular complexity index is 732. The third-order valence-corrected chi connectivity index (χ3v) is 4.85. The summed E-state index contributed by atoms with van der Waals surface area (Å²) < 4.78 is 5.17. The zero-order chi connectivity index (χ0) is 18.5. The first-order chi connectivity index (χ1) is 12.5. The maximum Gasteiger partial charge on any atom is 0.289 e. The molecule has 1 atom stereocenters. The molecule has 26 heavy (non-hydrogen) atoms. The first-order valence-corrected chi connectivity index (χ1v) is 8.94. The zero-order valence-corrected chi connectivity index (χ0v) is 15.3. The molecule has 1 aromatic carbocycles. The average molecular weight is 355 g/mol. The highest BCUT2D eigenvalue weighted by Crippen LogP contribution is 2.11. The summed E-state index contributed by atoms with van der Waals surface area (Å²) >= 11 is 0. The first-order valence-electron chi connectivity index (χ1n) is 8.94. The quantitative estimate of drug-likeness (QED) is 0.891. The third-order valence-electron chi connectivity index (χ3n) is 4.85. The van der Waals surface area contributed by atoms with Crippen molar-refractivity contribution in [2.24, 2.45) is 0 Å². The molecule has 2 heterocycles. The zero-order valence-electron chi connectivity index (χ0n) is 15.3. The fraction of sp³-hybridized carbons (Fsp3) is 0.400. The molecule has 0 spiro atoms. The molecule has 1 fully saturated rings. The van der Waals surface area contributed by atoms with Gasteiger partial charge < -0.3 is 14.6 Å². The van der Waals surface area contributed by atoms with Crippen LogP contribution in [0.15, 0.2) is 47.1 Å². The molecule has 138 valence electrons. The normalized spacial score (nSPS) is 16.3. The average Bonchev–Trinajstić information content (AvgIpc) is 3.21. The number of amides is 2. The Kier molecular flexibility index (Phi) is 5.73. The Labute approximate surface area is 153 Å². The van der Waals surface area contributed by atoms with Crippen molar-refractivity contribution in [2.75, 3.05) is 26.2 Å². The van der Waals surface area contributed by atoms with Crippen LogP contribution < -0.4 is 5.32 Å². The van der Waals surface area contributed by atoms with Crippen molar-refractivity contribution in [3.63, 3.8) is 0 Å². The van der Waals surface area contributed by atoms with Crippen LogP contribution in [0.4, 0.5) is 0 Å². The Morgan fingerprint density at radius 1 is 1.12 bits per heavy atom. The fourth-order valence-electron chi connectivity index (χ4n) is 3.08. The van der Waals surface area contributed by atoms with E-state index in [1.165, 1.54) is 11.8 Å². The molecule has 1 aliphatic heterocycles. The van der Waals surface area contributed by atoms with Crippen molar-refractivity contribution in [3.05, 3.63) is 59.5 Å². The molecule has 6 heteroatoms. The van der Waals surface area contributed by atoms with E-state index >= 15 is 0 Å². The summed E-state index contributed by atoms with van der Waals surface area (Å²) in [5, 5.41) is 3.00. The predicted molar refractivity (Wildman–Crippen MR) is 98.7 cm³/mol. The van der Waals surface area contributed by atoms with E-state index in [0.717, 1.165) is 5.56 Å². The number of carbonyl (C=O) groups is 2. The molecule has 6 nitrogen and oxygen atoms in total. The van der Waals surface area contributed by atoms with Gasteiger partial charge in [0, 0.05) is 32.7 Å². The topological polar surface area (TPSA) is 65.8 Å². The van der Waals surface area contributed by atoms with Crippen LogP contribution in [-0.2, 0) is 11.3 Å². The Morgan fingerprint density at radius 2 is 1.81 bits per heavy atom. The van der Waals surface area contributed by atoms with E-state index in [-0.39, 0.29) is 17.9 Å². The number of rotatable bonds is 5. The lowest BCUT2D eigenvalue weighted by Gasteiger charge is -2.37. The molecular weight excluding hydrogens is 330 g/mol. The van der Waals surface area contributed by atoms with Gasteiger partial charge in [0.05, 0.1) is 12.3 Å². The molecule has 0 saturated carbocycles. The van der Waals surface area contributed by atoms with Gasteiger partial charge in [0.25, 0.3) is 5.91 Å². The predicted octanol–water partition coefficient (Wildman–Crippen LogP) is 2.05. The van der Waals surface area contributed by atoms with Crippen LogP contribution in [-0.4, -0.2) is 53.8 Å². The van der Waals surface area contributed by atoms with Gasteiger partial charge in [-0.05, 0) is 31.5 Å². The van der Waals surface area contributed by atoms with Crippen LogP contribution >= 0.6 is 0 Å². The van der Waals surface area contributed by atoms with E-state index in [0.29, 0.717) is 38.5 Å². The van der Waals surface area contributed by atoms with Gasteiger partial charge in [0.15, 0.2) is 5.76 Å². The van der Waals surface area contributed by atoms with Crippen molar-refractivity contribution in [2.45, 2.75) is 26.4 Å². The highest BCUT2D eigenvalue weighted by Gasteiger charge is 2.28. The van der Waals surface area contributed by atoms with E-state index < -0.39 is 0 Å². The van der Waals surface area contributed by atoms with Crippen LogP contribution in [0.25, 0.3) is 0 Å². The number of hydrogen-bond acceptors (Lipinski definition) is 4. The van der Waals surface area contributed by atoms with Crippen molar-refractivity contribution >= 4 is 11.8 Å². The second-order valence-corrected chi connectivity index (χ2v) is 6.68. The van der Waals surface area contributed by atoms with E-state index in [1.807, 2.05) is 38.1 Å². The van der Waals surface area contributed by atoms with Gasteiger partial charge in [0.1, 0.15) is 0 Å². The second-order valence-electron chi connectivity index (χ2n) is 6.68. The van der Waals surface area contributed by atoms with Crippen molar-refractivity contribution < 1.29 is 14.0 Å². The van der Waals surface area contributed by atoms with Crippen LogP contribution in [0, 0.1) is 6.92 Å². The summed E-state index contributed by atoms with van der Waals surface area (Å²) in [6.45, 7) is 7.01. The first kappa shape index (κ1) is 18.2. The largest absolute Gasteiger partial charge is 0.459 e. The van der Waals surface area contributed by atoms with Crippen molar-refractivity contribution in [3.8, 4) is 0 Å². The summed E-state index contributed by atoms with van der Waals surface area (Å²) in [6, 6.07) is 11.3. The highest BCUT2D eigenvalue weighted by atomic mass is 16.3. The number of benzene rings is 1. The Balaban J connectivity index is 1.46. The molecule has 0 unspecified atom stereocenters. The third kappa shape index (κ3) is 4.32. The molecule has 0 bridgehead atoms. The smallest absolute Gasteiger partial charge is 0.289 e. The number of furan rings is 1. The fourth-order valence-corrected chi connectivity index (χ4v) is 3.08. The molecule has 0 aliphatic carbocycles. The molecule has 1 aromatic heterocycles. The van der Waals surface area contributed by atoms with E-state index in [1.54, 1.807) is 17.0 Å². The lowest BCUT2D eigenvalue weighted by atomic mass is 10.1. The molecular formula is C20H25N3O3. The van der Waals surface area contributed by atoms with Crippen LogP contribution in [0.1, 0.15) is 28.6 Å². The van der Waals surface area contributed by atoms with E-state index in [4.69, 9.17) is 4.42 Å². The lowest BCUT2D eigenvalue weighted by Crippen LogP contribution is -2.54. The summed E-state index contributed by atoms with van der Waals surface area (Å²) in [5.41, 5.74) is 2.29. The number of piperazine rings is 1. The maximum atomic E-state index is 12.4. The monoisotopic (exact) mass is 355 g/mol. The summed E-state index contributed by atoms with van der Waals surface area (Å²) in [5.74, 6) is 0.282. The molecule has 1 saturated heterocycles. The number of carbonyl (C=O) groups excluding carboxylic acids is 2.